The molecule has 0 aromatic carbocycles. The molecule has 0 radical (unpaired) electrons. The number of aryl methyl sites for hydroxylation is 1. The molecule has 0 aliphatic carbocycles. The zero-order valence-electron chi connectivity index (χ0n) is 11.6. The van der Waals surface area contributed by atoms with Gasteiger partial charge in [-0.1, -0.05) is 6.92 Å². The van der Waals surface area contributed by atoms with Gasteiger partial charge in [0, 0.05) is 18.9 Å². The predicted octanol–water partition coefficient (Wildman–Crippen LogP) is 0.317. The summed E-state index contributed by atoms with van der Waals surface area (Å²) in [4.78, 5) is 28.2. The van der Waals surface area contributed by atoms with Crippen LogP contribution in [0.3, 0.4) is 0 Å². The van der Waals surface area contributed by atoms with Crippen molar-refractivity contribution in [3.63, 3.8) is 0 Å². The van der Waals surface area contributed by atoms with E-state index < -0.39 is 11.2 Å². The fourth-order valence-electron chi connectivity index (χ4n) is 2.03. The van der Waals surface area contributed by atoms with Gasteiger partial charge in [-0.05, 0) is 24.1 Å². The Kier molecular flexibility index (Phi) is 4.18. The minimum absolute atomic E-state index is 0.0256. The van der Waals surface area contributed by atoms with E-state index in [1.54, 1.807) is 12.1 Å². The summed E-state index contributed by atoms with van der Waals surface area (Å²) < 4.78 is 2.49. The first-order valence-corrected chi connectivity index (χ1v) is 6.51. The summed E-state index contributed by atoms with van der Waals surface area (Å²) in [6, 6.07) is 5.11. The summed E-state index contributed by atoms with van der Waals surface area (Å²) in [5.41, 5.74) is 5.64. The van der Waals surface area contributed by atoms with Crippen molar-refractivity contribution in [3.05, 3.63) is 56.6 Å². The highest BCUT2D eigenvalue weighted by atomic mass is 16.2. The second kappa shape index (κ2) is 6.05. The molecular formula is C14H15N5O2. The van der Waals surface area contributed by atoms with E-state index >= 15 is 0 Å². The molecule has 2 heterocycles. The SMILES string of the molecule is CCCn1cc(N)c(=O)n(Cc2ccnc(C#N)c2)c1=O. The molecule has 0 saturated carbocycles. The van der Waals surface area contributed by atoms with E-state index in [1.165, 1.54) is 17.0 Å². The molecule has 0 unspecified atom stereocenters. The molecule has 0 bridgehead atoms. The van der Waals surface area contributed by atoms with Crippen molar-refractivity contribution in [1.82, 2.24) is 14.1 Å². The Hall–Kier alpha value is -2.88. The molecule has 108 valence electrons. The summed E-state index contributed by atoms with van der Waals surface area (Å²) in [7, 11) is 0. The number of nitrogen functional groups attached to an aromatic ring is 1. The van der Waals surface area contributed by atoms with Crippen LogP contribution in [0.15, 0.2) is 34.1 Å². The van der Waals surface area contributed by atoms with Crippen LogP contribution in [0.5, 0.6) is 0 Å². The van der Waals surface area contributed by atoms with Gasteiger partial charge in [0.2, 0.25) is 0 Å². The van der Waals surface area contributed by atoms with Gasteiger partial charge in [-0.2, -0.15) is 5.26 Å². The van der Waals surface area contributed by atoms with Crippen molar-refractivity contribution in [2.24, 2.45) is 0 Å². The van der Waals surface area contributed by atoms with Crippen LogP contribution >= 0.6 is 0 Å². The average molecular weight is 285 g/mol. The second-order valence-electron chi connectivity index (χ2n) is 4.61. The first-order valence-electron chi connectivity index (χ1n) is 6.51. The number of nitrogens with two attached hydrogens (primary N) is 1. The first-order chi connectivity index (χ1) is 10.1. The van der Waals surface area contributed by atoms with Crippen molar-refractivity contribution >= 4 is 5.69 Å². The van der Waals surface area contributed by atoms with E-state index in [-0.39, 0.29) is 17.9 Å². The highest BCUT2D eigenvalue weighted by Crippen LogP contribution is 2.02. The highest BCUT2D eigenvalue weighted by Gasteiger charge is 2.10. The number of hydrogen-bond donors (Lipinski definition) is 1. The van der Waals surface area contributed by atoms with Gasteiger partial charge in [-0.25, -0.2) is 9.78 Å². The topological polar surface area (TPSA) is 107 Å². The van der Waals surface area contributed by atoms with Crippen LogP contribution in [0.4, 0.5) is 5.69 Å². The Bertz CT molecular complexity index is 813. The number of rotatable bonds is 4. The minimum atomic E-state index is -0.525. The van der Waals surface area contributed by atoms with Gasteiger partial charge in [-0.3, -0.25) is 13.9 Å². The smallest absolute Gasteiger partial charge is 0.331 e. The van der Waals surface area contributed by atoms with E-state index in [2.05, 4.69) is 4.98 Å². The van der Waals surface area contributed by atoms with Gasteiger partial charge in [0.25, 0.3) is 5.56 Å². The maximum absolute atomic E-state index is 12.3. The fraction of sp³-hybridized carbons (Fsp3) is 0.286. The molecule has 0 spiro atoms. The van der Waals surface area contributed by atoms with Crippen molar-refractivity contribution in [1.29, 1.82) is 5.26 Å². The number of pyridine rings is 1. The predicted molar refractivity (Wildman–Crippen MR) is 77.7 cm³/mol. The molecule has 0 atom stereocenters. The van der Waals surface area contributed by atoms with Crippen LogP contribution in [0.1, 0.15) is 24.6 Å². The second-order valence-corrected chi connectivity index (χ2v) is 4.61. The quantitative estimate of drug-likeness (QED) is 0.870. The molecule has 2 rings (SSSR count). The molecule has 0 amide bonds. The lowest BCUT2D eigenvalue weighted by atomic mass is 10.2. The van der Waals surface area contributed by atoms with Crippen molar-refractivity contribution in [2.45, 2.75) is 26.4 Å². The van der Waals surface area contributed by atoms with Crippen molar-refractivity contribution < 1.29 is 0 Å². The molecule has 0 aliphatic heterocycles. The third-order valence-corrected chi connectivity index (χ3v) is 3.01. The van der Waals surface area contributed by atoms with Gasteiger partial charge in [-0.15, -0.1) is 0 Å². The molecule has 0 aliphatic rings. The van der Waals surface area contributed by atoms with E-state index in [0.717, 1.165) is 11.0 Å². The molecule has 2 aromatic rings. The summed E-state index contributed by atoms with van der Waals surface area (Å²) in [5.74, 6) is 0. The minimum Gasteiger partial charge on any atom is -0.393 e. The molecule has 21 heavy (non-hydrogen) atoms. The third-order valence-electron chi connectivity index (χ3n) is 3.01. The Labute approximate surface area is 120 Å². The maximum Gasteiger partial charge on any atom is 0.331 e. The summed E-state index contributed by atoms with van der Waals surface area (Å²) in [5, 5.41) is 8.83. The number of nitrogens with zero attached hydrogens (tertiary/aromatic N) is 4. The molecule has 0 fully saturated rings. The Morgan fingerprint density at radius 2 is 2.19 bits per heavy atom. The highest BCUT2D eigenvalue weighted by molar-refractivity contribution is 5.32. The fourth-order valence-corrected chi connectivity index (χ4v) is 2.03. The Balaban J connectivity index is 2.51. The lowest BCUT2D eigenvalue weighted by molar-refractivity contribution is 0.573. The van der Waals surface area contributed by atoms with Crippen LogP contribution in [-0.2, 0) is 13.1 Å². The van der Waals surface area contributed by atoms with Gasteiger partial charge in [0.15, 0.2) is 0 Å². The van der Waals surface area contributed by atoms with Gasteiger partial charge >= 0.3 is 5.69 Å². The number of nitriles is 1. The van der Waals surface area contributed by atoms with E-state index in [1.807, 2.05) is 13.0 Å². The lowest BCUT2D eigenvalue weighted by Crippen LogP contribution is -2.40. The van der Waals surface area contributed by atoms with Crippen LogP contribution in [0.25, 0.3) is 0 Å². The third kappa shape index (κ3) is 3.00. The number of hydrogen-bond acceptors (Lipinski definition) is 5. The molecular weight excluding hydrogens is 270 g/mol. The van der Waals surface area contributed by atoms with Crippen LogP contribution < -0.4 is 17.0 Å². The summed E-state index contributed by atoms with van der Waals surface area (Å²) in [6.07, 6.45) is 3.60. The standard InChI is InChI=1S/C14H15N5O2/c1-2-5-18-9-12(16)13(20)19(14(18)21)8-10-3-4-17-11(6-10)7-15/h3-4,6,9H,2,5,8,16H2,1H3. The largest absolute Gasteiger partial charge is 0.393 e. The zero-order chi connectivity index (χ0) is 15.4. The lowest BCUT2D eigenvalue weighted by Gasteiger charge is -2.11. The van der Waals surface area contributed by atoms with Crippen LogP contribution in [-0.4, -0.2) is 14.1 Å². The molecule has 2 aromatic heterocycles. The van der Waals surface area contributed by atoms with Gasteiger partial charge in [0.05, 0.1) is 6.54 Å². The maximum atomic E-state index is 12.3. The van der Waals surface area contributed by atoms with Crippen LogP contribution in [0, 0.1) is 11.3 Å². The first kappa shape index (κ1) is 14.5. The number of aromatic nitrogens is 3. The molecule has 7 heteroatoms. The zero-order valence-corrected chi connectivity index (χ0v) is 11.6. The molecule has 0 saturated heterocycles. The van der Waals surface area contributed by atoms with E-state index in [9.17, 15) is 9.59 Å². The monoisotopic (exact) mass is 285 g/mol. The van der Waals surface area contributed by atoms with Crippen molar-refractivity contribution in [2.75, 3.05) is 5.73 Å². The van der Waals surface area contributed by atoms with Crippen LogP contribution in [0.2, 0.25) is 0 Å². The van der Waals surface area contributed by atoms with E-state index in [4.69, 9.17) is 11.0 Å². The molecule has 2 N–H and O–H groups in total. The van der Waals surface area contributed by atoms with Gasteiger partial charge < -0.3 is 5.73 Å². The summed E-state index contributed by atoms with van der Waals surface area (Å²) >= 11 is 0. The normalized spacial score (nSPS) is 10.3. The van der Waals surface area contributed by atoms with Gasteiger partial charge in [0.1, 0.15) is 17.5 Å². The number of anilines is 1. The summed E-state index contributed by atoms with van der Waals surface area (Å²) in [6.45, 7) is 2.48. The molecule has 7 nitrogen and oxygen atoms in total. The van der Waals surface area contributed by atoms with Crippen molar-refractivity contribution in [3.8, 4) is 6.07 Å². The Morgan fingerprint density at radius 3 is 2.86 bits per heavy atom. The average Bonchev–Trinajstić information content (AvgIpc) is 2.49. The Morgan fingerprint density at radius 1 is 1.43 bits per heavy atom. The van der Waals surface area contributed by atoms with E-state index in [0.29, 0.717) is 12.1 Å².